The third-order valence-corrected chi connectivity index (χ3v) is 5.37. The van der Waals surface area contributed by atoms with Gasteiger partial charge in [0.15, 0.2) is 23.0 Å². The van der Waals surface area contributed by atoms with Crippen molar-refractivity contribution in [2.75, 3.05) is 12.4 Å². The van der Waals surface area contributed by atoms with Gasteiger partial charge < -0.3 is 20.1 Å². The van der Waals surface area contributed by atoms with Gasteiger partial charge in [0.1, 0.15) is 5.69 Å². The minimum atomic E-state index is -4.84. The molecule has 1 aromatic carbocycles. The Morgan fingerprint density at radius 3 is 2.51 bits per heavy atom. The van der Waals surface area contributed by atoms with E-state index in [0.29, 0.717) is 16.3 Å². The Hall–Kier alpha value is -3.80. The molecule has 0 radical (unpaired) electrons. The summed E-state index contributed by atoms with van der Waals surface area (Å²) in [7, 11) is 1.39. The lowest BCUT2D eigenvalue weighted by Gasteiger charge is -2.17. The SMILES string of the molecule is CNC(=O)c1cc2c(c(C)c1NC(=O)c1cc(C(F)(F)F)nn1-c1ncccc1Cl)OC(C)(C)O2. The van der Waals surface area contributed by atoms with E-state index in [-0.39, 0.29) is 33.6 Å². The van der Waals surface area contributed by atoms with E-state index in [1.54, 1.807) is 20.8 Å². The van der Waals surface area contributed by atoms with E-state index in [1.165, 1.54) is 31.4 Å². The highest BCUT2D eigenvalue weighted by Gasteiger charge is 2.38. The number of aromatic nitrogens is 3. The van der Waals surface area contributed by atoms with Gasteiger partial charge in [-0.05, 0) is 25.1 Å². The molecule has 1 aliphatic rings. The van der Waals surface area contributed by atoms with Crippen molar-refractivity contribution in [3.63, 3.8) is 0 Å². The number of halogens is 4. The topological polar surface area (TPSA) is 107 Å². The largest absolute Gasteiger partial charge is 0.449 e. The average molecular weight is 510 g/mol. The number of nitrogens with zero attached hydrogens (tertiary/aromatic N) is 3. The molecule has 0 fully saturated rings. The van der Waals surface area contributed by atoms with Gasteiger partial charge in [-0.3, -0.25) is 9.59 Å². The number of anilines is 1. The van der Waals surface area contributed by atoms with Crippen molar-refractivity contribution in [1.29, 1.82) is 0 Å². The number of hydrogen-bond donors (Lipinski definition) is 2. The lowest BCUT2D eigenvalue weighted by atomic mass is 10.0. The Balaban J connectivity index is 1.83. The molecule has 3 heterocycles. The average Bonchev–Trinajstić information content (AvgIpc) is 3.36. The predicted octanol–water partition coefficient (Wildman–Crippen LogP) is 4.37. The summed E-state index contributed by atoms with van der Waals surface area (Å²) in [6, 6.07) is 4.84. The van der Waals surface area contributed by atoms with E-state index >= 15 is 0 Å². The lowest BCUT2D eigenvalue weighted by molar-refractivity contribution is -0.141. The standard InChI is InChI=1S/C22H19ClF3N5O4/c1-10-16(11(19(32)27-4)8-14-17(10)35-21(2,3)34-14)29-20(33)13-9-15(22(24,25)26)30-31(13)18-12(23)6-5-7-28-18/h5-9H,1-4H3,(H,27,32)(H,29,33). The molecule has 0 saturated carbocycles. The molecule has 2 N–H and O–H groups in total. The lowest BCUT2D eigenvalue weighted by Crippen LogP contribution is -2.29. The first-order chi connectivity index (χ1) is 16.3. The van der Waals surface area contributed by atoms with Gasteiger partial charge in [0, 0.05) is 38.7 Å². The Morgan fingerprint density at radius 2 is 1.89 bits per heavy atom. The van der Waals surface area contributed by atoms with Crippen molar-refractivity contribution < 1.29 is 32.2 Å². The van der Waals surface area contributed by atoms with Crippen molar-refractivity contribution in [2.45, 2.75) is 32.7 Å². The minimum Gasteiger partial charge on any atom is -0.449 e. The number of ether oxygens (including phenoxy) is 2. The number of benzene rings is 1. The number of nitrogens with one attached hydrogen (secondary N) is 2. The molecule has 0 spiro atoms. The zero-order chi connectivity index (χ0) is 25.7. The Bertz CT molecular complexity index is 1350. The Labute approximate surface area is 202 Å². The number of alkyl halides is 3. The van der Waals surface area contributed by atoms with Gasteiger partial charge in [0.25, 0.3) is 11.8 Å². The summed E-state index contributed by atoms with van der Waals surface area (Å²) in [5.74, 6) is -2.17. The van der Waals surface area contributed by atoms with Gasteiger partial charge in [0.05, 0.1) is 16.3 Å². The summed E-state index contributed by atoms with van der Waals surface area (Å²) >= 11 is 6.10. The van der Waals surface area contributed by atoms with E-state index in [1.807, 2.05) is 0 Å². The number of hydrogen-bond acceptors (Lipinski definition) is 6. The number of carbonyl (C=O) groups excluding carboxylic acids is 2. The van der Waals surface area contributed by atoms with Gasteiger partial charge in [-0.2, -0.15) is 18.3 Å². The van der Waals surface area contributed by atoms with Gasteiger partial charge in [-0.1, -0.05) is 11.6 Å². The van der Waals surface area contributed by atoms with Crippen LogP contribution in [0, 0.1) is 6.92 Å². The Morgan fingerprint density at radius 1 is 1.17 bits per heavy atom. The van der Waals surface area contributed by atoms with Crippen LogP contribution in [0.15, 0.2) is 30.5 Å². The predicted molar refractivity (Wildman–Crippen MR) is 119 cm³/mol. The molecule has 13 heteroatoms. The quantitative estimate of drug-likeness (QED) is 0.541. The summed E-state index contributed by atoms with van der Waals surface area (Å²) < 4.78 is 52.5. The molecule has 4 rings (SSSR count). The van der Waals surface area contributed by atoms with Crippen LogP contribution in [0.4, 0.5) is 18.9 Å². The van der Waals surface area contributed by atoms with Crippen molar-refractivity contribution in [1.82, 2.24) is 20.1 Å². The number of carbonyl (C=O) groups is 2. The van der Waals surface area contributed by atoms with Crippen LogP contribution in [0.5, 0.6) is 11.5 Å². The molecule has 0 unspecified atom stereocenters. The molecule has 0 bridgehead atoms. The van der Waals surface area contributed by atoms with E-state index in [0.717, 1.165) is 0 Å². The molecule has 3 aromatic rings. The van der Waals surface area contributed by atoms with Crippen molar-refractivity contribution >= 4 is 29.1 Å². The molecular formula is C22H19ClF3N5O4. The fourth-order valence-corrected chi connectivity index (χ4v) is 3.73. The van der Waals surface area contributed by atoms with Crippen molar-refractivity contribution in [3.8, 4) is 17.3 Å². The van der Waals surface area contributed by atoms with E-state index in [4.69, 9.17) is 21.1 Å². The number of amides is 2. The Kier molecular flexibility index (Phi) is 5.87. The smallest absolute Gasteiger partial charge is 0.435 e. The molecule has 0 saturated heterocycles. The fraction of sp³-hybridized carbons (Fsp3) is 0.273. The molecule has 184 valence electrons. The molecular weight excluding hydrogens is 491 g/mol. The highest BCUT2D eigenvalue weighted by Crippen LogP contribution is 2.46. The first kappa shape index (κ1) is 24.3. The summed E-state index contributed by atoms with van der Waals surface area (Å²) in [6.07, 6.45) is -3.54. The molecule has 9 nitrogen and oxygen atoms in total. The highest BCUT2D eigenvalue weighted by atomic mass is 35.5. The van der Waals surface area contributed by atoms with E-state index in [2.05, 4.69) is 20.7 Å². The number of rotatable bonds is 4. The maximum Gasteiger partial charge on any atom is 0.435 e. The molecule has 0 atom stereocenters. The number of fused-ring (bicyclic) bond motifs is 1. The fourth-order valence-electron chi connectivity index (χ4n) is 3.53. The minimum absolute atomic E-state index is 0.0223. The summed E-state index contributed by atoms with van der Waals surface area (Å²) in [5, 5.41) is 8.48. The molecule has 2 amide bonds. The summed E-state index contributed by atoms with van der Waals surface area (Å²) in [4.78, 5) is 29.8. The van der Waals surface area contributed by atoms with Crippen LogP contribution in [0.2, 0.25) is 5.02 Å². The van der Waals surface area contributed by atoms with Crippen LogP contribution in [-0.2, 0) is 6.18 Å². The summed E-state index contributed by atoms with van der Waals surface area (Å²) in [6.45, 7) is 4.91. The van der Waals surface area contributed by atoms with Gasteiger partial charge >= 0.3 is 6.18 Å². The molecule has 35 heavy (non-hydrogen) atoms. The third kappa shape index (κ3) is 4.48. The zero-order valence-corrected chi connectivity index (χ0v) is 19.6. The van der Waals surface area contributed by atoms with Crippen LogP contribution in [0.1, 0.15) is 46.0 Å². The molecule has 0 aliphatic carbocycles. The van der Waals surface area contributed by atoms with E-state index < -0.39 is 35.2 Å². The van der Waals surface area contributed by atoms with Gasteiger partial charge in [-0.25, -0.2) is 9.67 Å². The van der Waals surface area contributed by atoms with Crippen LogP contribution in [-0.4, -0.2) is 39.4 Å². The van der Waals surface area contributed by atoms with Crippen molar-refractivity contribution in [3.05, 3.63) is 58.0 Å². The monoisotopic (exact) mass is 509 g/mol. The first-order valence-corrected chi connectivity index (χ1v) is 10.6. The second kappa shape index (κ2) is 8.45. The third-order valence-electron chi connectivity index (χ3n) is 5.07. The molecule has 2 aromatic heterocycles. The van der Waals surface area contributed by atoms with Gasteiger partial charge in [0.2, 0.25) is 5.79 Å². The van der Waals surface area contributed by atoms with Crippen LogP contribution in [0.25, 0.3) is 5.82 Å². The molecule has 1 aliphatic heterocycles. The van der Waals surface area contributed by atoms with Crippen molar-refractivity contribution in [2.24, 2.45) is 0 Å². The summed E-state index contributed by atoms with van der Waals surface area (Å²) in [5.41, 5.74) is -1.42. The van der Waals surface area contributed by atoms with Crippen LogP contribution in [0.3, 0.4) is 0 Å². The van der Waals surface area contributed by atoms with E-state index in [9.17, 15) is 22.8 Å². The van der Waals surface area contributed by atoms with Gasteiger partial charge in [-0.15, -0.1) is 0 Å². The second-order valence-electron chi connectivity index (χ2n) is 8.02. The maximum atomic E-state index is 13.4. The maximum absolute atomic E-state index is 13.4. The normalized spacial score (nSPS) is 14.1. The van der Waals surface area contributed by atoms with Crippen LogP contribution >= 0.6 is 11.6 Å². The second-order valence-corrected chi connectivity index (χ2v) is 8.43. The first-order valence-electron chi connectivity index (χ1n) is 10.2. The number of pyridine rings is 1. The van der Waals surface area contributed by atoms with Crippen LogP contribution < -0.4 is 20.1 Å². The highest BCUT2D eigenvalue weighted by molar-refractivity contribution is 6.32. The zero-order valence-electron chi connectivity index (χ0n) is 18.9.